The molecule has 1 aromatic rings. The Bertz CT molecular complexity index is 651. The minimum atomic E-state index is -1.10. The lowest BCUT2D eigenvalue weighted by Crippen LogP contribution is -2.39. The zero-order chi connectivity index (χ0) is 18.7. The zero-order valence-electron chi connectivity index (χ0n) is 14.9. The summed E-state index contributed by atoms with van der Waals surface area (Å²) in [7, 11) is 0. The van der Waals surface area contributed by atoms with E-state index in [1.54, 1.807) is 6.92 Å². The van der Waals surface area contributed by atoms with Crippen molar-refractivity contribution in [2.75, 3.05) is 29.6 Å². The number of carboxylic acid groups (broad SMARTS) is 1. The Labute approximate surface area is 151 Å². The quantitative estimate of drug-likeness (QED) is 0.624. The Morgan fingerprint density at radius 1 is 1.38 bits per heavy atom. The summed E-state index contributed by atoms with van der Waals surface area (Å²) in [5.74, 6) is 0.0672. The number of rotatable bonds is 5. The molecule has 2 atom stereocenters. The highest BCUT2D eigenvalue weighted by Crippen LogP contribution is 2.37. The number of nitrogens with one attached hydrogen (secondary N) is 2. The van der Waals surface area contributed by atoms with Crippen molar-refractivity contribution >= 4 is 23.4 Å². The molecule has 2 heterocycles. The molecule has 1 saturated carbocycles. The maximum absolute atomic E-state index is 13.9. The average molecular weight is 367 g/mol. The molecule has 8 nitrogen and oxygen atoms in total. The Morgan fingerprint density at radius 2 is 2.12 bits per heavy atom. The molecule has 0 unspecified atom stereocenters. The van der Waals surface area contributed by atoms with Gasteiger partial charge in [-0.25, -0.2) is 9.37 Å². The van der Waals surface area contributed by atoms with Crippen LogP contribution in [-0.2, 0) is 9.53 Å². The van der Waals surface area contributed by atoms with Crippen LogP contribution in [0.15, 0.2) is 6.20 Å². The molecular weight excluding hydrogens is 341 g/mol. The molecule has 1 aromatic heterocycles. The van der Waals surface area contributed by atoms with Gasteiger partial charge in [-0.1, -0.05) is 0 Å². The third kappa shape index (κ3) is 4.14. The van der Waals surface area contributed by atoms with Crippen molar-refractivity contribution in [3.8, 4) is 0 Å². The predicted molar refractivity (Wildman–Crippen MR) is 95.8 cm³/mol. The predicted octanol–water partition coefficient (Wildman–Crippen LogP) is 2.04. The minimum absolute atomic E-state index is 0.0716. The van der Waals surface area contributed by atoms with E-state index in [9.17, 15) is 14.3 Å². The van der Waals surface area contributed by atoms with Crippen molar-refractivity contribution in [2.24, 2.45) is 5.41 Å². The van der Waals surface area contributed by atoms with Gasteiger partial charge in [-0.15, -0.1) is 0 Å². The molecule has 1 saturated heterocycles. The van der Waals surface area contributed by atoms with Crippen LogP contribution in [0.2, 0.25) is 0 Å². The first-order valence-corrected chi connectivity index (χ1v) is 8.98. The van der Waals surface area contributed by atoms with Crippen LogP contribution >= 0.6 is 0 Å². The molecule has 0 amide bonds. The Kier molecular flexibility index (Phi) is 5.45. The molecule has 9 heteroatoms. The number of nitrogens with two attached hydrogens (primary N) is 1. The maximum atomic E-state index is 13.9. The summed E-state index contributed by atoms with van der Waals surface area (Å²) >= 11 is 0. The van der Waals surface area contributed by atoms with E-state index in [2.05, 4.69) is 20.6 Å². The highest BCUT2D eigenvalue weighted by atomic mass is 19.1. The lowest BCUT2D eigenvalue weighted by atomic mass is 9.74. The first kappa shape index (κ1) is 18.6. The molecule has 144 valence electrons. The molecule has 0 aromatic carbocycles. The number of aliphatic carboxylic acids is 1. The van der Waals surface area contributed by atoms with E-state index < -0.39 is 17.6 Å². The van der Waals surface area contributed by atoms with Gasteiger partial charge in [-0.05, 0) is 39.0 Å². The first-order chi connectivity index (χ1) is 12.4. The topological polar surface area (TPSA) is 122 Å². The molecular formula is C17H26FN5O3. The van der Waals surface area contributed by atoms with E-state index in [-0.39, 0.29) is 18.7 Å². The van der Waals surface area contributed by atoms with Crippen molar-refractivity contribution < 1.29 is 19.0 Å². The van der Waals surface area contributed by atoms with E-state index in [0.29, 0.717) is 43.3 Å². The Hall–Kier alpha value is -2.16. The van der Waals surface area contributed by atoms with E-state index >= 15 is 0 Å². The number of aromatic nitrogens is 2. The molecule has 0 spiro atoms. The van der Waals surface area contributed by atoms with Gasteiger partial charge < -0.3 is 26.2 Å². The van der Waals surface area contributed by atoms with E-state index in [4.69, 9.17) is 10.5 Å². The fourth-order valence-corrected chi connectivity index (χ4v) is 3.41. The molecule has 3 rings (SSSR count). The smallest absolute Gasteiger partial charge is 0.309 e. The standard InChI is InChI=1S/C17H26FN5O3/c1-17(15(24)25)5-2-10(3-6-17)21-14-12(19)8-20-16(23-14)22-13-4-7-26-9-11(13)18/h8,10-11,13H,2-7,9,19H2,1H3,(H,24,25)(H2,20,21,22,23)/t10-,11-,13+,17-/m1/s1. The summed E-state index contributed by atoms with van der Waals surface area (Å²) in [4.78, 5) is 19.9. The van der Waals surface area contributed by atoms with Crippen molar-refractivity contribution in [3.05, 3.63) is 6.20 Å². The second-order valence-corrected chi connectivity index (χ2v) is 7.41. The summed E-state index contributed by atoms with van der Waals surface area (Å²) in [6.45, 7) is 2.36. The zero-order valence-corrected chi connectivity index (χ0v) is 14.9. The summed E-state index contributed by atoms with van der Waals surface area (Å²) in [5.41, 5.74) is 5.71. The van der Waals surface area contributed by atoms with Crippen LogP contribution in [0, 0.1) is 5.41 Å². The van der Waals surface area contributed by atoms with Crippen LogP contribution in [0.4, 0.5) is 21.8 Å². The third-order valence-electron chi connectivity index (χ3n) is 5.36. The summed E-state index contributed by atoms with van der Waals surface area (Å²) in [6.07, 6.45) is 3.59. The van der Waals surface area contributed by atoms with Crippen LogP contribution in [0.25, 0.3) is 0 Å². The summed E-state index contributed by atoms with van der Waals surface area (Å²) < 4.78 is 19.0. The van der Waals surface area contributed by atoms with Gasteiger partial charge >= 0.3 is 5.97 Å². The molecule has 1 aliphatic heterocycles. The van der Waals surface area contributed by atoms with Gasteiger partial charge in [0.05, 0.1) is 29.9 Å². The van der Waals surface area contributed by atoms with Gasteiger partial charge in [0.2, 0.25) is 5.95 Å². The fourth-order valence-electron chi connectivity index (χ4n) is 3.41. The van der Waals surface area contributed by atoms with E-state index in [1.807, 2.05) is 0 Å². The van der Waals surface area contributed by atoms with Crippen molar-refractivity contribution in [1.82, 2.24) is 9.97 Å². The second kappa shape index (κ2) is 7.61. The molecule has 0 radical (unpaired) electrons. The fraction of sp³-hybridized carbons (Fsp3) is 0.706. The SMILES string of the molecule is C[C@]1(C(=O)O)CC[C@H](Nc2nc(N[C@H]3CCOC[C@H]3F)ncc2N)CC1. The van der Waals surface area contributed by atoms with Crippen LogP contribution in [-0.4, -0.2) is 52.5 Å². The number of carboxylic acids is 1. The molecule has 2 aliphatic rings. The Morgan fingerprint density at radius 3 is 2.77 bits per heavy atom. The number of halogens is 1. The number of hydrogen-bond donors (Lipinski definition) is 4. The summed E-state index contributed by atoms with van der Waals surface area (Å²) in [5, 5.41) is 15.6. The molecule has 5 N–H and O–H groups in total. The molecule has 2 fully saturated rings. The second-order valence-electron chi connectivity index (χ2n) is 7.41. The maximum Gasteiger partial charge on any atom is 0.309 e. The molecule has 26 heavy (non-hydrogen) atoms. The van der Waals surface area contributed by atoms with E-state index in [1.165, 1.54) is 6.20 Å². The van der Waals surface area contributed by atoms with Crippen molar-refractivity contribution in [3.63, 3.8) is 0 Å². The number of hydrogen-bond acceptors (Lipinski definition) is 7. The summed E-state index contributed by atoms with van der Waals surface area (Å²) in [6, 6.07) is -0.282. The number of nitrogen functional groups attached to an aromatic ring is 1. The number of nitrogens with zero attached hydrogens (tertiary/aromatic N) is 2. The third-order valence-corrected chi connectivity index (χ3v) is 5.36. The normalized spacial score (nSPS) is 32.0. The number of carbonyl (C=O) groups is 1. The average Bonchev–Trinajstić information content (AvgIpc) is 2.62. The number of alkyl halides is 1. The molecule has 0 bridgehead atoms. The van der Waals surface area contributed by atoms with Crippen LogP contribution < -0.4 is 16.4 Å². The van der Waals surface area contributed by atoms with Gasteiger partial charge in [0, 0.05) is 12.6 Å². The lowest BCUT2D eigenvalue weighted by Gasteiger charge is -2.34. The minimum Gasteiger partial charge on any atom is -0.481 e. The highest BCUT2D eigenvalue weighted by molar-refractivity contribution is 5.74. The van der Waals surface area contributed by atoms with Gasteiger partial charge in [0.15, 0.2) is 5.82 Å². The van der Waals surface area contributed by atoms with Crippen LogP contribution in [0.3, 0.4) is 0 Å². The van der Waals surface area contributed by atoms with Crippen molar-refractivity contribution in [2.45, 2.75) is 57.3 Å². The number of anilines is 3. The first-order valence-electron chi connectivity index (χ1n) is 8.98. The van der Waals surface area contributed by atoms with E-state index in [0.717, 1.165) is 12.8 Å². The monoisotopic (exact) mass is 367 g/mol. The van der Waals surface area contributed by atoms with Gasteiger partial charge in [0.1, 0.15) is 6.17 Å². The lowest BCUT2D eigenvalue weighted by molar-refractivity contribution is -0.149. The van der Waals surface area contributed by atoms with Crippen molar-refractivity contribution in [1.29, 1.82) is 0 Å². The van der Waals surface area contributed by atoms with Crippen LogP contribution in [0.5, 0.6) is 0 Å². The van der Waals surface area contributed by atoms with Gasteiger partial charge in [-0.2, -0.15) is 4.98 Å². The van der Waals surface area contributed by atoms with Gasteiger partial charge in [0.25, 0.3) is 0 Å². The highest BCUT2D eigenvalue weighted by Gasteiger charge is 2.37. The number of ether oxygens (including phenoxy) is 1. The molecule has 1 aliphatic carbocycles. The van der Waals surface area contributed by atoms with Crippen LogP contribution in [0.1, 0.15) is 39.0 Å². The van der Waals surface area contributed by atoms with Gasteiger partial charge in [-0.3, -0.25) is 4.79 Å². The Balaban J connectivity index is 1.62. The largest absolute Gasteiger partial charge is 0.481 e.